The molecule has 24 heavy (non-hydrogen) atoms. The fraction of sp³-hybridized carbons (Fsp3) is 0.333. The molecule has 128 valence electrons. The molecule has 2 amide bonds. The van der Waals surface area contributed by atoms with E-state index >= 15 is 0 Å². The maximum Gasteiger partial charge on any atom is 0.265 e. The minimum atomic E-state index is -0.199. The van der Waals surface area contributed by atoms with Crippen molar-refractivity contribution in [2.45, 2.75) is 33.2 Å². The summed E-state index contributed by atoms with van der Waals surface area (Å²) in [5.41, 5.74) is 6.95. The molecule has 0 saturated heterocycles. The van der Waals surface area contributed by atoms with Gasteiger partial charge in [0.2, 0.25) is 5.91 Å². The zero-order chi connectivity index (χ0) is 17.5. The van der Waals surface area contributed by atoms with Gasteiger partial charge in [0.05, 0.1) is 22.8 Å². The number of amides is 2. The maximum atomic E-state index is 12.3. The third kappa shape index (κ3) is 5.09. The molecule has 0 radical (unpaired) electrons. The first kappa shape index (κ1) is 18.0. The Hall–Kier alpha value is -2.34. The number of nitrogen functional groups attached to an aromatic ring is 1. The molecule has 1 heterocycles. The molecule has 0 bridgehead atoms. The Labute approximate surface area is 146 Å². The van der Waals surface area contributed by atoms with Gasteiger partial charge in [-0.1, -0.05) is 32.4 Å². The number of rotatable bonds is 7. The van der Waals surface area contributed by atoms with Gasteiger partial charge in [-0.3, -0.25) is 9.59 Å². The first-order valence-corrected chi connectivity index (χ1v) is 8.82. The Kier molecular flexibility index (Phi) is 6.37. The minimum Gasteiger partial charge on any atom is -0.397 e. The number of nitrogens with two attached hydrogens (primary N) is 1. The van der Waals surface area contributed by atoms with E-state index in [0.717, 1.165) is 11.3 Å². The summed E-state index contributed by atoms with van der Waals surface area (Å²) in [4.78, 5) is 25.6. The van der Waals surface area contributed by atoms with Crippen molar-refractivity contribution in [3.63, 3.8) is 0 Å². The molecule has 4 N–H and O–H groups in total. The average Bonchev–Trinajstić information content (AvgIpc) is 3.04. The summed E-state index contributed by atoms with van der Waals surface area (Å²) in [6.07, 6.45) is 1.52. The standard InChI is InChI=1S/C18H23N3O2S/c1-3-12(2)10-17(22)20-11-13-8-9-16(24-13)18(23)21-15-7-5-4-6-14(15)19/h4-9,12H,3,10-11,19H2,1-2H3,(H,20,22)(H,21,23). The largest absolute Gasteiger partial charge is 0.397 e. The molecule has 0 aliphatic rings. The Morgan fingerprint density at radius 1 is 1.21 bits per heavy atom. The minimum absolute atomic E-state index is 0.0424. The van der Waals surface area contributed by atoms with Gasteiger partial charge in [0.25, 0.3) is 5.91 Å². The topological polar surface area (TPSA) is 84.2 Å². The van der Waals surface area contributed by atoms with Crippen LogP contribution in [-0.2, 0) is 11.3 Å². The molecule has 0 spiro atoms. The van der Waals surface area contributed by atoms with Crippen molar-refractivity contribution in [1.29, 1.82) is 0 Å². The third-order valence-corrected chi connectivity index (χ3v) is 4.87. The summed E-state index contributed by atoms with van der Waals surface area (Å²) in [6, 6.07) is 10.8. The van der Waals surface area contributed by atoms with Gasteiger partial charge in [-0.05, 0) is 30.2 Å². The lowest BCUT2D eigenvalue weighted by atomic mass is 10.1. The number of hydrogen-bond donors (Lipinski definition) is 3. The third-order valence-electron chi connectivity index (χ3n) is 3.79. The van der Waals surface area contributed by atoms with E-state index in [4.69, 9.17) is 5.73 Å². The molecular formula is C18H23N3O2S. The van der Waals surface area contributed by atoms with E-state index in [-0.39, 0.29) is 11.8 Å². The molecule has 0 saturated carbocycles. The molecule has 2 aromatic rings. The van der Waals surface area contributed by atoms with E-state index in [2.05, 4.69) is 24.5 Å². The molecule has 0 fully saturated rings. The number of para-hydroxylation sites is 2. The van der Waals surface area contributed by atoms with Crippen LogP contribution in [0.25, 0.3) is 0 Å². The number of carbonyl (C=O) groups excluding carboxylic acids is 2. The second-order valence-corrected chi connectivity index (χ2v) is 6.97. The molecule has 1 aromatic carbocycles. The zero-order valence-electron chi connectivity index (χ0n) is 14.0. The van der Waals surface area contributed by atoms with Crippen LogP contribution in [0.15, 0.2) is 36.4 Å². The van der Waals surface area contributed by atoms with Gasteiger partial charge >= 0.3 is 0 Å². The van der Waals surface area contributed by atoms with E-state index in [9.17, 15) is 9.59 Å². The van der Waals surface area contributed by atoms with Crippen LogP contribution in [0.3, 0.4) is 0 Å². The monoisotopic (exact) mass is 345 g/mol. The van der Waals surface area contributed by atoms with Crippen LogP contribution < -0.4 is 16.4 Å². The second-order valence-electron chi connectivity index (χ2n) is 5.80. The van der Waals surface area contributed by atoms with Crippen molar-refractivity contribution < 1.29 is 9.59 Å². The van der Waals surface area contributed by atoms with Gasteiger partial charge in [0, 0.05) is 11.3 Å². The van der Waals surface area contributed by atoms with Gasteiger partial charge < -0.3 is 16.4 Å². The molecule has 5 nitrogen and oxygen atoms in total. The van der Waals surface area contributed by atoms with Crippen LogP contribution in [0.5, 0.6) is 0 Å². The molecule has 0 aliphatic heterocycles. The van der Waals surface area contributed by atoms with E-state index < -0.39 is 0 Å². The molecule has 0 aliphatic carbocycles. The van der Waals surface area contributed by atoms with Gasteiger partial charge in [-0.2, -0.15) is 0 Å². The zero-order valence-corrected chi connectivity index (χ0v) is 14.8. The summed E-state index contributed by atoms with van der Waals surface area (Å²) >= 11 is 1.37. The first-order valence-electron chi connectivity index (χ1n) is 8.00. The lowest BCUT2D eigenvalue weighted by Crippen LogP contribution is -2.23. The van der Waals surface area contributed by atoms with Gasteiger partial charge in [0.1, 0.15) is 0 Å². The van der Waals surface area contributed by atoms with E-state index in [0.29, 0.717) is 35.1 Å². The summed E-state index contributed by atoms with van der Waals surface area (Å²) < 4.78 is 0. The van der Waals surface area contributed by atoms with E-state index in [1.807, 2.05) is 18.2 Å². The normalized spacial score (nSPS) is 11.8. The number of hydrogen-bond acceptors (Lipinski definition) is 4. The molecule has 1 atom stereocenters. The predicted molar refractivity (Wildman–Crippen MR) is 99.0 cm³/mol. The first-order chi connectivity index (χ1) is 11.5. The lowest BCUT2D eigenvalue weighted by Gasteiger charge is -2.08. The van der Waals surface area contributed by atoms with Crippen molar-refractivity contribution in [3.8, 4) is 0 Å². The van der Waals surface area contributed by atoms with E-state index in [1.165, 1.54) is 11.3 Å². The summed E-state index contributed by atoms with van der Waals surface area (Å²) in [5.74, 6) is 0.224. The number of nitrogens with one attached hydrogen (secondary N) is 2. The van der Waals surface area contributed by atoms with Gasteiger partial charge in [-0.15, -0.1) is 11.3 Å². The average molecular weight is 345 g/mol. The highest BCUT2D eigenvalue weighted by Crippen LogP contribution is 2.21. The second kappa shape index (κ2) is 8.49. The highest BCUT2D eigenvalue weighted by atomic mass is 32.1. The summed E-state index contributed by atoms with van der Waals surface area (Å²) in [6.45, 7) is 4.57. The number of thiophene rings is 1. The quantitative estimate of drug-likeness (QED) is 0.670. The maximum absolute atomic E-state index is 12.3. The Morgan fingerprint density at radius 3 is 2.67 bits per heavy atom. The van der Waals surface area contributed by atoms with Gasteiger partial charge in [-0.25, -0.2) is 0 Å². The molecule has 6 heteroatoms. The smallest absolute Gasteiger partial charge is 0.265 e. The van der Waals surface area contributed by atoms with Crippen LogP contribution in [-0.4, -0.2) is 11.8 Å². The van der Waals surface area contributed by atoms with Crippen LogP contribution in [0.1, 0.15) is 41.2 Å². The fourth-order valence-corrected chi connectivity index (χ4v) is 2.95. The summed E-state index contributed by atoms with van der Waals surface area (Å²) in [5, 5.41) is 5.69. The Balaban J connectivity index is 1.89. The predicted octanol–water partition coefficient (Wildman–Crippen LogP) is 3.64. The van der Waals surface area contributed by atoms with Crippen molar-refractivity contribution in [3.05, 3.63) is 46.2 Å². The van der Waals surface area contributed by atoms with Crippen LogP contribution >= 0.6 is 11.3 Å². The molecular weight excluding hydrogens is 322 g/mol. The summed E-state index contributed by atoms with van der Waals surface area (Å²) in [7, 11) is 0. The fourth-order valence-electron chi connectivity index (χ4n) is 2.11. The number of anilines is 2. The SMILES string of the molecule is CCC(C)CC(=O)NCc1ccc(C(=O)Nc2ccccc2N)s1. The van der Waals surface area contributed by atoms with E-state index in [1.54, 1.807) is 18.2 Å². The van der Waals surface area contributed by atoms with Crippen molar-refractivity contribution in [2.24, 2.45) is 5.92 Å². The van der Waals surface area contributed by atoms with Crippen molar-refractivity contribution in [2.75, 3.05) is 11.1 Å². The van der Waals surface area contributed by atoms with Crippen LogP contribution in [0.2, 0.25) is 0 Å². The number of carbonyl (C=O) groups is 2. The van der Waals surface area contributed by atoms with Crippen LogP contribution in [0.4, 0.5) is 11.4 Å². The van der Waals surface area contributed by atoms with Crippen molar-refractivity contribution in [1.82, 2.24) is 5.32 Å². The number of benzene rings is 1. The van der Waals surface area contributed by atoms with Crippen molar-refractivity contribution >= 4 is 34.5 Å². The Bertz CT molecular complexity index is 712. The van der Waals surface area contributed by atoms with Gasteiger partial charge in [0.15, 0.2) is 0 Å². The molecule has 2 rings (SSSR count). The Morgan fingerprint density at radius 2 is 1.96 bits per heavy atom. The highest BCUT2D eigenvalue weighted by Gasteiger charge is 2.12. The lowest BCUT2D eigenvalue weighted by molar-refractivity contribution is -0.122. The highest BCUT2D eigenvalue weighted by molar-refractivity contribution is 7.14. The molecule has 1 unspecified atom stereocenters. The molecule has 1 aromatic heterocycles. The van der Waals surface area contributed by atoms with Crippen LogP contribution in [0, 0.1) is 5.92 Å².